The van der Waals surface area contributed by atoms with Crippen LogP contribution in [0.5, 0.6) is 0 Å². The lowest BCUT2D eigenvalue weighted by molar-refractivity contribution is -0.138. The molecule has 1 heterocycles. The van der Waals surface area contributed by atoms with Crippen LogP contribution in [0.1, 0.15) is 17.0 Å². The molecule has 110 valence electrons. The number of aliphatic carboxylic acids is 1. The van der Waals surface area contributed by atoms with Crippen molar-refractivity contribution in [2.24, 2.45) is 5.73 Å². The molecule has 0 bridgehead atoms. The van der Waals surface area contributed by atoms with Crippen molar-refractivity contribution in [2.75, 3.05) is 39.8 Å². The molecule has 1 fully saturated rings. The van der Waals surface area contributed by atoms with E-state index in [1.165, 1.54) is 0 Å². The van der Waals surface area contributed by atoms with Gasteiger partial charge in [-0.3, -0.25) is 9.69 Å². The largest absolute Gasteiger partial charge is 0.481 e. The zero-order valence-electron chi connectivity index (χ0n) is 12.0. The maximum atomic E-state index is 11.3. The van der Waals surface area contributed by atoms with E-state index in [1.54, 1.807) is 0 Å². The van der Waals surface area contributed by atoms with Crippen LogP contribution in [0.25, 0.3) is 0 Å². The average Bonchev–Trinajstić information content (AvgIpc) is 2.43. The number of nitrogens with two attached hydrogens (primary N) is 1. The fourth-order valence-corrected chi connectivity index (χ4v) is 2.63. The highest BCUT2D eigenvalue weighted by Gasteiger charge is 2.22. The molecular weight excluding hydrogens is 254 g/mol. The molecule has 0 aliphatic carbocycles. The quantitative estimate of drug-likeness (QED) is 0.823. The molecule has 0 aromatic heterocycles. The first kappa shape index (κ1) is 15.0. The highest BCUT2D eigenvalue weighted by atomic mass is 16.4. The standard InChI is InChI=1S/C15H23N3O2/c1-17-6-8-18(9-7-17)11-12-4-2-3-5-13(12)14(10-16)15(19)20/h2-5,14H,6-11,16H2,1H3,(H,19,20). The summed E-state index contributed by atoms with van der Waals surface area (Å²) < 4.78 is 0. The lowest BCUT2D eigenvalue weighted by Gasteiger charge is -2.33. The highest BCUT2D eigenvalue weighted by molar-refractivity contribution is 5.77. The van der Waals surface area contributed by atoms with Gasteiger partial charge in [-0.2, -0.15) is 0 Å². The van der Waals surface area contributed by atoms with Gasteiger partial charge in [0, 0.05) is 39.3 Å². The number of benzene rings is 1. The number of nitrogens with zero attached hydrogens (tertiary/aromatic N) is 2. The number of carboxylic acids is 1. The van der Waals surface area contributed by atoms with Crippen LogP contribution >= 0.6 is 0 Å². The SMILES string of the molecule is CN1CCN(Cc2ccccc2C(CN)C(=O)O)CC1. The second-order valence-electron chi connectivity index (χ2n) is 5.40. The summed E-state index contributed by atoms with van der Waals surface area (Å²) in [6.45, 7) is 5.09. The molecule has 1 atom stereocenters. The molecule has 5 nitrogen and oxygen atoms in total. The van der Waals surface area contributed by atoms with E-state index >= 15 is 0 Å². The van der Waals surface area contributed by atoms with Gasteiger partial charge in [0.05, 0.1) is 5.92 Å². The third kappa shape index (κ3) is 3.56. The molecule has 1 saturated heterocycles. The Morgan fingerprint density at radius 2 is 1.95 bits per heavy atom. The van der Waals surface area contributed by atoms with Crippen LogP contribution in [0.4, 0.5) is 0 Å². The Morgan fingerprint density at radius 3 is 2.55 bits per heavy atom. The minimum absolute atomic E-state index is 0.134. The summed E-state index contributed by atoms with van der Waals surface area (Å²) in [4.78, 5) is 16.0. The molecule has 1 aliphatic rings. The lowest BCUT2D eigenvalue weighted by atomic mass is 9.94. The van der Waals surface area contributed by atoms with E-state index in [9.17, 15) is 9.90 Å². The third-order valence-corrected chi connectivity index (χ3v) is 3.95. The first-order valence-corrected chi connectivity index (χ1v) is 7.03. The van der Waals surface area contributed by atoms with Crippen molar-refractivity contribution < 1.29 is 9.90 Å². The number of hydrogen-bond donors (Lipinski definition) is 2. The van der Waals surface area contributed by atoms with Crippen LogP contribution in [0.15, 0.2) is 24.3 Å². The van der Waals surface area contributed by atoms with Gasteiger partial charge >= 0.3 is 5.97 Å². The topological polar surface area (TPSA) is 69.8 Å². The number of carboxylic acid groups (broad SMARTS) is 1. The van der Waals surface area contributed by atoms with E-state index in [2.05, 4.69) is 16.8 Å². The minimum atomic E-state index is -0.849. The van der Waals surface area contributed by atoms with E-state index in [0.29, 0.717) is 0 Å². The monoisotopic (exact) mass is 277 g/mol. The van der Waals surface area contributed by atoms with E-state index in [0.717, 1.165) is 43.9 Å². The second-order valence-corrected chi connectivity index (χ2v) is 5.40. The fourth-order valence-electron chi connectivity index (χ4n) is 2.63. The summed E-state index contributed by atoms with van der Waals surface area (Å²) in [5.41, 5.74) is 7.55. The molecule has 20 heavy (non-hydrogen) atoms. The predicted octanol–water partition coefficient (Wildman–Crippen LogP) is 0.561. The molecule has 1 aromatic rings. The fraction of sp³-hybridized carbons (Fsp3) is 0.533. The number of hydrogen-bond acceptors (Lipinski definition) is 4. The van der Waals surface area contributed by atoms with Gasteiger partial charge in [0.2, 0.25) is 0 Å². The van der Waals surface area contributed by atoms with Crippen LogP contribution in [0.2, 0.25) is 0 Å². The van der Waals surface area contributed by atoms with Gasteiger partial charge in [0.1, 0.15) is 0 Å². The first-order valence-electron chi connectivity index (χ1n) is 7.03. The number of rotatable bonds is 5. The molecular formula is C15H23N3O2. The summed E-state index contributed by atoms with van der Waals surface area (Å²) in [5.74, 6) is -1.46. The van der Waals surface area contributed by atoms with Crippen molar-refractivity contribution in [1.82, 2.24) is 9.80 Å². The molecule has 0 amide bonds. The molecule has 5 heteroatoms. The van der Waals surface area contributed by atoms with E-state index < -0.39 is 11.9 Å². The summed E-state index contributed by atoms with van der Waals surface area (Å²) in [5, 5.41) is 9.29. The van der Waals surface area contributed by atoms with Crippen molar-refractivity contribution in [2.45, 2.75) is 12.5 Å². The normalized spacial score (nSPS) is 18.9. The molecule has 0 saturated carbocycles. The predicted molar refractivity (Wildman–Crippen MR) is 78.6 cm³/mol. The number of piperazine rings is 1. The Bertz CT molecular complexity index is 456. The van der Waals surface area contributed by atoms with Gasteiger partial charge in [-0.1, -0.05) is 24.3 Å². The Hall–Kier alpha value is -1.43. The molecule has 1 unspecified atom stereocenters. The minimum Gasteiger partial charge on any atom is -0.481 e. The molecule has 0 spiro atoms. The Labute approximate surface area is 120 Å². The van der Waals surface area contributed by atoms with E-state index in [-0.39, 0.29) is 6.54 Å². The Kier molecular flexibility index (Phi) is 5.11. The van der Waals surface area contributed by atoms with Crippen LogP contribution in [-0.4, -0.2) is 60.6 Å². The van der Waals surface area contributed by atoms with Gasteiger partial charge in [-0.15, -0.1) is 0 Å². The summed E-state index contributed by atoms with van der Waals surface area (Å²) in [6.07, 6.45) is 0. The van der Waals surface area contributed by atoms with Gasteiger partial charge in [-0.25, -0.2) is 0 Å². The molecule has 1 aliphatic heterocycles. The molecule has 0 radical (unpaired) electrons. The highest BCUT2D eigenvalue weighted by Crippen LogP contribution is 2.21. The number of carbonyl (C=O) groups is 1. The van der Waals surface area contributed by atoms with E-state index in [4.69, 9.17) is 5.73 Å². The van der Waals surface area contributed by atoms with Crippen molar-refractivity contribution >= 4 is 5.97 Å². The Balaban J connectivity index is 2.13. The van der Waals surface area contributed by atoms with Crippen LogP contribution in [-0.2, 0) is 11.3 Å². The molecule has 3 N–H and O–H groups in total. The average molecular weight is 277 g/mol. The zero-order valence-corrected chi connectivity index (χ0v) is 12.0. The molecule has 1 aromatic carbocycles. The first-order chi connectivity index (χ1) is 9.61. The van der Waals surface area contributed by atoms with Gasteiger partial charge < -0.3 is 15.7 Å². The summed E-state index contributed by atoms with van der Waals surface area (Å²) in [7, 11) is 2.13. The van der Waals surface area contributed by atoms with Crippen LogP contribution in [0, 0.1) is 0 Å². The lowest BCUT2D eigenvalue weighted by Crippen LogP contribution is -2.44. The van der Waals surface area contributed by atoms with Gasteiger partial charge in [0.25, 0.3) is 0 Å². The van der Waals surface area contributed by atoms with Gasteiger partial charge in [0.15, 0.2) is 0 Å². The maximum Gasteiger partial charge on any atom is 0.312 e. The van der Waals surface area contributed by atoms with Crippen molar-refractivity contribution in [3.05, 3.63) is 35.4 Å². The van der Waals surface area contributed by atoms with Crippen molar-refractivity contribution in [3.63, 3.8) is 0 Å². The molecule has 2 rings (SSSR count). The van der Waals surface area contributed by atoms with Gasteiger partial charge in [-0.05, 0) is 18.2 Å². The number of likely N-dealkylation sites (N-methyl/N-ethyl adjacent to an activating group) is 1. The maximum absolute atomic E-state index is 11.3. The van der Waals surface area contributed by atoms with Crippen molar-refractivity contribution in [1.29, 1.82) is 0 Å². The summed E-state index contributed by atoms with van der Waals surface area (Å²) >= 11 is 0. The van der Waals surface area contributed by atoms with Crippen molar-refractivity contribution in [3.8, 4) is 0 Å². The smallest absolute Gasteiger partial charge is 0.312 e. The second kappa shape index (κ2) is 6.83. The zero-order chi connectivity index (χ0) is 14.5. The Morgan fingerprint density at radius 1 is 1.30 bits per heavy atom. The van der Waals surface area contributed by atoms with Crippen LogP contribution < -0.4 is 5.73 Å². The summed E-state index contributed by atoms with van der Waals surface area (Å²) in [6, 6.07) is 7.75. The van der Waals surface area contributed by atoms with E-state index in [1.807, 2.05) is 24.3 Å². The van der Waals surface area contributed by atoms with Crippen LogP contribution in [0.3, 0.4) is 0 Å². The third-order valence-electron chi connectivity index (χ3n) is 3.95.